The molecule has 0 amide bonds. The number of benzene rings is 1. The quantitative estimate of drug-likeness (QED) is 0.865. The van der Waals surface area contributed by atoms with Crippen LogP contribution in [0.15, 0.2) is 24.3 Å². The van der Waals surface area contributed by atoms with Crippen molar-refractivity contribution in [1.82, 2.24) is 15.2 Å². The highest BCUT2D eigenvalue weighted by atomic mass is 35.5. The van der Waals surface area contributed by atoms with Gasteiger partial charge in [0.25, 0.3) is 0 Å². The molecule has 6 heteroatoms. The van der Waals surface area contributed by atoms with Crippen LogP contribution < -0.4 is 0 Å². The van der Waals surface area contributed by atoms with Crippen molar-refractivity contribution in [1.29, 1.82) is 0 Å². The van der Waals surface area contributed by atoms with E-state index in [0.717, 1.165) is 0 Å². The number of hydrogen-bond acceptors (Lipinski definition) is 4. The molecule has 1 heterocycles. The summed E-state index contributed by atoms with van der Waals surface area (Å²) in [5.74, 6) is 0.993. The first-order valence-corrected chi connectivity index (χ1v) is 5.92. The highest BCUT2D eigenvalue weighted by Crippen LogP contribution is 2.25. The Labute approximate surface area is 110 Å². The molecule has 0 bridgehead atoms. The number of H-pyrrole nitrogens is 1. The molecule has 2 rings (SSSR count). The van der Waals surface area contributed by atoms with Gasteiger partial charge < -0.3 is 9.84 Å². The second-order valence-electron chi connectivity index (χ2n) is 3.81. The number of halogens is 1. The fraction of sp³-hybridized carbons (Fsp3) is 0.333. The van der Waals surface area contributed by atoms with Gasteiger partial charge in [-0.25, -0.2) is 4.98 Å². The highest BCUT2D eigenvalue weighted by Gasteiger charge is 2.18. The van der Waals surface area contributed by atoms with Crippen LogP contribution in [-0.2, 0) is 11.2 Å². The number of nitrogens with one attached hydrogen (secondary N) is 1. The summed E-state index contributed by atoms with van der Waals surface area (Å²) >= 11 is 6.01. The minimum absolute atomic E-state index is 0.314. The van der Waals surface area contributed by atoms with Crippen molar-refractivity contribution < 1.29 is 9.84 Å². The van der Waals surface area contributed by atoms with Crippen molar-refractivity contribution in [2.24, 2.45) is 0 Å². The molecule has 0 aliphatic heterocycles. The van der Waals surface area contributed by atoms with Crippen LogP contribution in [-0.4, -0.2) is 34.0 Å². The summed E-state index contributed by atoms with van der Waals surface area (Å²) < 4.78 is 4.95. The van der Waals surface area contributed by atoms with Crippen LogP contribution in [0.25, 0.3) is 0 Å². The molecule has 18 heavy (non-hydrogen) atoms. The number of aromatic nitrogens is 3. The minimum atomic E-state index is -0.925. The van der Waals surface area contributed by atoms with Gasteiger partial charge in [-0.1, -0.05) is 29.8 Å². The van der Waals surface area contributed by atoms with Crippen molar-refractivity contribution in [3.8, 4) is 0 Å². The van der Waals surface area contributed by atoms with E-state index < -0.39 is 6.10 Å². The lowest BCUT2D eigenvalue weighted by Crippen LogP contribution is -2.03. The highest BCUT2D eigenvalue weighted by molar-refractivity contribution is 6.31. The third-order valence-electron chi connectivity index (χ3n) is 2.54. The van der Waals surface area contributed by atoms with E-state index in [1.165, 1.54) is 0 Å². The summed E-state index contributed by atoms with van der Waals surface area (Å²) in [6.45, 7) is 0.552. The van der Waals surface area contributed by atoms with Crippen LogP contribution in [0.3, 0.4) is 0 Å². The molecule has 0 saturated heterocycles. The van der Waals surface area contributed by atoms with Crippen LogP contribution >= 0.6 is 11.6 Å². The summed E-state index contributed by atoms with van der Waals surface area (Å²) in [4.78, 5) is 4.21. The lowest BCUT2D eigenvalue weighted by atomic mass is 10.1. The molecule has 1 aromatic heterocycles. The fourth-order valence-electron chi connectivity index (χ4n) is 1.58. The molecule has 0 spiro atoms. The summed E-state index contributed by atoms with van der Waals surface area (Å²) in [5.41, 5.74) is 0.594. The van der Waals surface area contributed by atoms with Crippen LogP contribution in [0.5, 0.6) is 0 Å². The summed E-state index contributed by atoms with van der Waals surface area (Å²) in [6, 6.07) is 7.08. The lowest BCUT2D eigenvalue weighted by molar-refractivity contribution is 0.200. The van der Waals surface area contributed by atoms with Gasteiger partial charge in [-0.15, -0.1) is 0 Å². The third kappa shape index (κ3) is 2.87. The van der Waals surface area contributed by atoms with Gasteiger partial charge in [-0.05, 0) is 6.07 Å². The van der Waals surface area contributed by atoms with Crippen molar-refractivity contribution in [3.63, 3.8) is 0 Å². The molecule has 0 aliphatic rings. The molecule has 96 valence electrons. The maximum absolute atomic E-state index is 10.2. The van der Waals surface area contributed by atoms with E-state index in [1.54, 1.807) is 25.3 Å². The number of methoxy groups -OCH3 is 1. The van der Waals surface area contributed by atoms with E-state index in [0.29, 0.717) is 35.3 Å². The van der Waals surface area contributed by atoms with E-state index in [2.05, 4.69) is 15.2 Å². The fourth-order valence-corrected chi connectivity index (χ4v) is 1.82. The Bertz CT molecular complexity index is 516. The Balaban J connectivity index is 2.16. The van der Waals surface area contributed by atoms with E-state index in [1.807, 2.05) is 6.07 Å². The smallest absolute Gasteiger partial charge is 0.183 e. The van der Waals surface area contributed by atoms with E-state index in [-0.39, 0.29) is 0 Å². The zero-order valence-corrected chi connectivity index (χ0v) is 10.7. The number of aliphatic hydroxyl groups excluding tert-OH is 1. The molecule has 0 aliphatic carbocycles. The summed E-state index contributed by atoms with van der Waals surface area (Å²) in [6.07, 6.45) is -0.301. The van der Waals surface area contributed by atoms with Crippen LogP contribution in [0.4, 0.5) is 0 Å². The maximum atomic E-state index is 10.2. The Hall–Kier alpha value is -1.43. The maximum Gasteiger partial charge on any atom is 0.183 e. The predicted molar refractivity (Wildman–Crippen MR) is 67.5 cm³/mol. The molecular weight excluding hydrogens is 254 g/mol. The number of hydrogen-bond donors (Lipinski definition) is 2. The van der Waals surface area contributed by atoms with Gasteiger partial charge in [-0.3, -0.25) is 5.10 Å². The van der Waals surface area contributed by atoms with Gasteiger partial charge in [0.2, 0.25) is 0 Å². The average Bonchev–Trinajstić information content (AvgIpc) is 2.85. The normalized spacial score (nSPS) is 12.6. The second-order valence-corrected chi connectivity index (χ2v) is 4.21. The largest absolute Gasteiger partial charge is 0.384 e. The molecule has 0 radical (unpaired) electrons. The van der Waals surface area contributed by atoms with Crippen LogP contribution in [0.1, 0.15) is 23.3 Å². The molecule has 2 N–H and O–H groups in total. The first-order chi connectivity index (χ1) is 8.72. The molecule has 5 nitrogen and oxygen atoms in total. The third-order valence-corrected chi connectivity index (χ3v) is 2.88. The monoisotopic (exact) mass is 267 g/mol. The minimum Gasteiger partial charge on any atom is -0.384 e. The number of aliphatic hydroxyl groups is 1. The zero-order chi connectivity index (χ0) is 13.0. The molecule has 1 atom stereocenters. The predicted octanol–water partition coefficient (Wildman–Crippen LogP) is 1.73. The summed E-state index contributed by atoms with van der Waals surface area (Å²) in [5, 5.41) is 17.4. The topological polar surface area (TPSA) is 71.0 Å². The molecule has 1 unspecified atom stereocenters. The van der Waals surface area contributed by atoms with Gasteiger partial charge in [0, 0.05) is 24.1 Å². The standard InChI is InChI=1S/C12H14ClN3O2/c1-18-7-6-10-14-12(16-15-10)11(17)8-4-2-3-5-9(8)13/h2-5,11,17H,6-7H2,1H3,(H,14,15,16). The average molecular weight is 268 g/mol. The molecule has 2 aromatic rings. The van der Waals surface area contributed by atoms with Crippen LogP contribution in [0, 0.1) is 0 Å². The SMILES string of the molecule is COCCc1nc(C(O)c2ccccc2Cl)n[nH]1. The number of aromatic amines is 1. The van der Waals surface area contributed by atoms with Gasteiger partial charge in [-0.2, -0.15) is 5.10 Å². The molecule has 0 saturated carbocycles. The van der Waals surface area contributed by atoms with Gasteiger partial charge in [0.1, 0.15) is 11.9 Å². The van der Waals surface area contributed by atoms with Crippen molar-refractivity contribution in [2.75, 3.05) is 13.7 Å². The van der Waals surface area contributed by atoms with Crippen LogP contribution in [0.2, 0.25) is 5.02 Å². The Morgan fingerprint density at radius 2 is 2.22 bits per heavy atom. The van der Waals surface area contributed by atoms with Gasteiger partial charge in [0.15, 0.2) is 5.82 Å². The number of rotatable bonds is 5. The zero-order valence-electron chi connectivity index (χ0n) is 9.93. The Morgan fingerprint density at radius 1 is 1.44 bits per heavy atom. The van der Waals surface area contributed by atoms with Gasteiger partial charge in [0.05, 0.1) is 6.61 Å². The molecule has 1 aromatic carbocycles. The Morgan fingerprint density at radius 3 is 2.94 bits per heavy atom. The van der Waals surface area contributed by atoms with Gasteiger partial charge >= 0.3 is 0 Å². The van der Waals surface area contributed by atoms with Crippen molar-refractivity contribution in [3.05, 3.63) is 46.5 Å². The number of nitrogens with zero attached hydrogens (tertiary/aromatic N) is 2. The second kappa shape index (κ2) is 5.95. The van der Waals surface area contributed by atoms with Crippen molar-refractivity contribution >= 4 is 11.6 Å². The lowest BCUT2D eigenvalue weighted by Gasteiger charge is -2.08. The summed E-state index contributed by atoms with van der Waals surface area (Å²) in [7, 11) is 1.62. The van der Waals surface area contributed by atoms with E-state index in [9.17, 15) is 5.11 Å². The first kappa shape index (κ1) is 13.0. The Kier molecular flexibility index (Phi) is 4.30. The van der Waals surface area contributed by atoms with Crippen molar-refractivity contribution in [2.45, 2.75) is 12.5 Å². The van der Waals surface area contributed by atoms with E-state index >= 15 is 0 Å². The number of ether oxygens (including phenoxy) is 1. The first-order valence-electron chi connectivity index (χ1n) is 5.55. The molecular formula is C12H14ClN3O2. The van der Waals surface area contributed by atoms with E-state index in [4.69, 9.17) is 16.3 Å². The molecule has 0 fully saturated rings.